The molecule has 0 aliphatic heterocycles. The van der Waals surface area contributed by atoms with Crippen molar-refractivity contribution in [2.24, 2.45) is 0 Å². The van der Waals surface area contributed by atoms with Crippen molar-refractivity contribution in [2.75, 3.05) is 0 Å². The molecule has 0 saturated carbocycles. The van der Waals surface area contributed by atoms with Crippen molar-refractivity contribution < 1.29 is 5.11 Å². The van der Waals surface area contributed by atoms with Gasteiger partial charge in [0, 0.05) is 0 Å². The fourth-order valence-electron chi connectivity index (χ4n) is 2.65. The molecule has 0 aromatic heterocycles. The molecule has 0 aliphatic rings. The molecule has 1 heteroatoms. The van der Waals surface area contributed by atoms with Gasteiger partial charge in [0.15, 0.2) is 0 Å². The molecule has 0 radical (unpaired) electrons. The molecule has 106 valence electrons. The number of rotatable bonds is 5. The molecule has 1 nitrogen and oxygen atoms in total. The third-order valence-corrected chi connectivity index (χ3v) is 3.64. The molecular weight excluding hydrogens is 244 g/mol. The molecule has 0 bridgehead atoms. The average Bonchev–Trinajstić information content (AvgIpc) is 2.37. The Kier molecular flexibility index (Phi) is 4.97. The van der Waals surface area contributed by atoms with E-state index >= 15 is 0 Å². The SMILES string of the molecule is Cc1ccc(CCC(O)Cc2cc(C)cc(C)c2)cc1. The first-order chi connectivity index (χ1) is 9.52. The zero-order valence-corrected chi connectivity index (χ0v) is 12.7. The lowest BCUT2D eigenvalue weighted by Crippen LogP contribution is -2.12. The van der Waals surface area contributed by atoms with Crippen molar-refractivity contribution in [3.05, 3.63) is 70.3 Å². The van der Waals surface area contributed by atoms with Crippen LogP contribution in [0.3, 0.4) is 0 Å². The first-order valence-electron chi connectivity index (χ1n) is 7.34. The molecule has 0 aliphatic carbocycles. The largest absolute Gasteiger partial charge is 0.393 e. The van der Waals surface area contributed by atoms with Gasteiger partial charge >= 0.3 is 0 Å². The minimum absolute atomic E-state index is 0.266. The Hall–Kier alpha value is -1.60. The van der Waals surface area contributed by atoms with Crippen molar-refractivity contribution in [3.63, 3.8) is 0 Å². The van der Waals surface area contributed by atoms with E-state index in [4.69, 9.17) is 0 Å². The van der Waals surface area contributed by atoms with E-state index in [1.165, 1.54) is 27.8 Å². The molecule has 0 heterocycles. The van der Waals surface area contributed by atoms with Gasteiger partial charge in [-0.05, 0) is 51.2 Å². The van der Waals surface area contributed by atoms with Gasteiger partial charge in [-0.2, -0.15) is 0 Å². The minimum atomic E-state index is -0.266. The van der Waals surface area contributed by atoms with Crippen LogP contribution in [0.1, 0.15) is 34.2 Å². The van der Waals surface area contributed by atoms with Crippen LogP contribution in [0.25, 0.3) is 0 Å². The standard InChI is InChI=1S/C19H24O/c1-14-4-6-17(7-5-14)8-9-19(20)13-18-11-15(2)10-16(3)12-18/h4-7,10-12,19-20H,8-9,13H2,1-3H3. The van der Waals surface area contributed by atoms with Gasteiger partial charge in [0.1, 0.15) is 0 Å². The second kappa shape index (κ2) is 6.71. The first kappa shape index (κ1) is 14.8. The van der Waals surface area contributed by atoms with E-state index in [0.717, 1.165) is 19.3 Å². The molecule has 1 N–H and O–H groups in total. The van der Waals surface area contributed by atoms with Gasteiger partial charge in [0.2, 0.25) is 0 Å². The van der Waals surface area contributed by atoms with Crippen LogP contribution >= 0.6 is 0 Å². The van der Waals surface area contributed by atoms with E-state index in [-0.39, 0.29) is 6.10 Å². The fraction of sp³-hybridized carbons (Fsp3) is 0.368. The third kappa shape index (κ3) is 4.50. The first-order valence-corrected chi connectivity index (χ1v) is 7.34. The fourth-order valence-corrected chi connectivity index (χ4v) is 2.65. The zero-order valence-electron chi connectivity index (χ0n) is 12.7. The number of aliphatic hydroxyl groups excluding tert-OH is 1. The summed E-state index contributed by atoms with van der Waals surface area (Å²) in [6, 6.07) is 15.1. The highest BCUT2D eigenvalue weighted by Crippen LogP contribution is 2.14. The number of hydrogen-bond acceptors (Lipinski definition) is 1. The van der Waals surface area contributed by atoms with Gasteiger partial charge in [-0.1, -0.05) is 59.2 Å². The van der Waals surface area contributed by atoms with Crippen molar-refractivity contribution in [1.82, 2.24) is 0 Å². The Morgan fingerprint density at radius 2 is 1.40 bits per heavy atom. The van der Waals surface area contributed by atoms with Crippen LogP contribution in [0.5, 0.6) is 0 Å². The highest BCUT2D eigenvalue weighted by atomic mass is 16.3. The van der Waals surface area contributed by atoms with Crippen LogP contribution in [0.2, 0.25) is 0 Å². The zero-order chi connectivity index (χ0) is 14.5. The van der Waals surface area contributed by atoms with E-state index in [1.807, 2.05) is 0 Å². The molecule has 2 aromatic carbocycles. The summed E-state index contributed by atoms with van der Waals surface area (Å²) in [7, 11) is 0. The monoisotopic (exact) mass is 268 g/mol. The van der Waals surface area contributed by atoms with E-state index in [0.29, 0.717) is 0 Å². The third-order valence-electron chi connectivity index (χ3n) is 3.64. The van der Waals surface area contributed by atoms with Gasteiger partial charge in [-0.15, -0.1) is 0 Å². The second-order valence-corrected chi connectivity index (χ2v) is 5.88. The Morgan fingerprint density at radius 3 is 2.00 bits per heavy atom. The normalized spacial score (nSPS) is 12.4. The molecular formula is C19H24O. The summed E-state index contributed by atoms with van der Waals surface area (Å²) in [6.45, 7) is 6.31. The van der Waals surface area contributed by atoms with Gasteiger partial charge in [0.05, 0.1) is 6.10 Å². The van der Waals surface area contributed by atoms with Gasteiger partial charge in [-0.25, -0.2) is 0 Å². The van der Waals surface area contributed by atoms with Crippen LogP contribution in [-0.2, 0) is 12.8 Å². The molecule has 2 aromatic rings. The highest BCUT2D eigenvalue weighted by molar-refractivity contribution is 5.29. The smallest absolute Gasteiger partial charge is 0.0583 e. The maximum Gasteiger partial charge on any atom is 0.0583 e. The summed E-state index contributed by atoms with van der Waals surface area (Å²) in [5.41, 5.74) is 6.36. The van der Waals surface area contributed by atoms with Crippen LogP contribution in [-0.4, -0.2) is 11.2 Å². The molecule has 0 spiro atoms. The molecule has 0 fully saturated rings. The molecule has 1 unspecified atom stereocenters. The lowest BCUT2D eigenvalue weighted by Gasteiger charge is -2.12. The average molecular weight is 268 g/mol. The van der Waals surface area contributed by atoms with Crippen LogP contribution in [0.15, 0.2) is 42.5 Å². The highest BCUT2D eigenvalue weighted by Gasteiger charge is 2.07. The number of benzene rings is 2. The maximum atomic E-state index is 10.2. The lowest BCUT2D eigenvalue weighted by atomic mass is 9.98. The van der Waals surface area contributed by atoms with Crippen molar-refractivity contribution in [2.45, 2.75) is 46.1 Å². The molecule has 0 amide bonds. The van der Waals surface area contributed by atoms with Crippen LogP contribution < -0.4 is 0 Å². The van der Waals surface area contributed by atoms with Crippen molar-refractivity contribution in [3.8, 4) is 0 Å². The Balaban J connectivity index is 1.88. The topological polar surface area (TPSA) is 20.2 Å². The Bertz CT molecular complexity index is 534. The van der Waals surface area contributed by atoms with E-state index in [1.54, 1.807) is 0 Å². The molecule has 2 rings (SSSR count). The summed E-state index contributed by atoms with van der Waals surface area (Å²) in [5, 5.41) is 10.2. The van der Waals surface area contributed by atoms with Crippen LogP contribution in [0, 0.1) is 20.8 Å². The van der Waals surface area contributed by atoms with E-state index in [2.05, 4.69) is 63.2 Å². The summed E-state index contributed by atoms with van der Waals surface area (Å²) >= 11 is 0. The quantitative estimate of drug-likeness (QED) is 0.863. The van der Waals surface area contributed by atoms with E-state index < -0.39 is 0 Å². The molecule has 0 saturated heterocycles. The van der Waals surface area contributed by atoms with E-state index in [9.17, 15) is 5.11 Å². The van der Waals surface area contributed by atoms with Crippen LogP contribution in [0.4, 0.5) is 0 Å². The van der Waals surface area contributed by atoms with Crippen molar-refractivity contribution >= 4 is 0 Å². The summed E-state index contributed by atoms with van der Waals surface area (Å²) in [4.78, 5) is 0. The Labute approximate surface area is 122 Å². The van der Waals surface area contributed by atoms with Gasteiger partial charge in [0.25, 0.3) is 0 Å². The summed E-state index contributed by atoms with van der Waals surface area (Å²) < 4.78 is 0. The predicted molar refractivity (Wildman–Crippen MR) is 85.1 cm³/mol. The summed E-state index contributed by atoms with van der Waals surface area (Å²) in [6.07, 6.45) is 2.23. The lowest BCUT2D eigenvalue weighted by molar-refractivity contribution is 0.165. The predicted octanol–water partition coefficient (Wildman–Crippen LogP) is 4.15. The van der Waals surface area contributed by atoms with Crippen molar-refractivity contribution in [1.29, 1.82) is 0 Å². The second-order valence-electron chi connectivity index (χ2n) is 5.88. The molecule has 20 heavy (non-hydrogen) atoms. The van der Waals surface area contributed by atoms with Gasteiger partial charge in [-0.3, -0.25) is 0 Å². The van der Waals surface area contributed by atoms with Gasteiger partial charge < -0.3 is 5.11 Å². The number of hydrogen-bond donors (Lipinski definition) is 1. The number of aryl methyl sites for hydroxylation is 4. The minimum Gasteiger partial charge on any atom is -0.393 e. The summed E-state index contributed by atoms with van der Waals surface area (Å²) in [5.74, 6) is 0. The Morgan fingerprint density at radius 1 is 0.800 bits per heavy atom. The maximum absolute atomic E-state index is 10.2. The molecule has 1 atom stereocenters. The number of aliphatic hydroxyl groups is 1.